The molecule has 12 heteroatoms. The lowest BCUT2D eigenvalue weighted by molar-refractivity contribution is -0.383. The molecule has 1 amide bonds. The molecule has 4 aromatic rings. The number of carbonyl (C=O) groups excluding carboxylic acids is 1. The minimum Gasteiger partial charge on any atom is -0.320 e. The number of nitrogens with one attached hydrogen (secondary N) is 1. The number of aromatic nitrogens is 5. The molecule has 11 nitrogen and oxygen atoms in total. The Morgan fingerprint density at radius 3 is 2.44 bits per heavy atom. The molecule has 4 rings (SSSR count). The summed E-state index contributed by atoms with van der Waals surface area (Å²) in [7, 11) is 3.11. The maximum Gasteiger partial charge on any atom is 0.328 e. The SMILES string of the molecule is CCn1c(Cc2ccccc2)nnc1SCC(=O)Nc1cc2c(cc1[N+](=O)[O-])n(C)c(=O)n2C. The Kier molecular flexibility index (Phi) is 6.50. The van der Waals surface area contributed by atoms with E-state index in [0.29, 0.717) is 29.2 Å². The van der Waals surface area contributed by atoms with E-state index in [1.165, 1.54) is 33.0 Å². The summed E-state index contributed by atoms with van der Waals surface area (Å²) in [4.78, 5) is 35.9. The Hall–Kier alpha value is -3.93. The van der Waals surface area contributed by atoms with Gasteiger partial charge in [-0.3, -0.25) is 24.0 Å². The third-order valence-electron chi connectivity index (χ3n) is 5.51. The molecule has 0 saturated carbocycles. The second kappa shape index (κ2) is 9.51. The lowest BCUT2D eigenvalue weighted by atomic mass is 10.1. The number of rotatable bonds is 8. The molecule has 1 N–H and O–H groups in total. The van der Waals surface area contributed by atoms with Crippen LogP contribution < -0.4 is 11.0 Å². The fourth-order valence-electron chi connectivity index (χ4n) is 3.75. The summed E-state index contributed by atoms with van der Waals surface area (Å²) in [6.45, 7) is 2.62. The molecule has 0 atom stereocenters. The number of thioether (sulfide) groups is 1. The summed E-state index contributed by atoms with van der Waals surface area (Å²) in [5.74, 6) is 0.359. The van der Waals surface area contributed by atoms with Gasteiger partial charge in [0.2, 0.25) is 5.91 Å². The predicted molar refractivity (Wildman–Crippen MR) is 129 cm³/mol. The maximum atomic E-state index is 12.7. The number of hydrogen-bond donors (Lipinski definition) is 1. The zero-order chi connectivity index (χ0) is 24.4. The normalized spacial score (nSPS) is 11.1. The van der Waals surface area contributed by atoms with E-state index in [0.717, 1.165) is 11.4 Å². The largest absolute Gasteiger partial charge is 0.328 e. The number of hydrogen-bond acceptors (Lipinski definition) is 7. The molecule has 0 bridgehead atoms. The minimum atomic E-state index is -0.580. The van der Waals surface area contributed by atoms with E-state index < -0.39 is 10.8 Å². The standard InChI is InChI=1S/C22H23N7O4S/c1-4-28-19(10-14-8-6-5-7-9-14)24-25-21(28)34-13-20(30)23-15-11-17-18(12-16(15)29(32)33)27(3)22(31)26(17)2/h5-9,11-12H,4,10,13H2,1-3H3,(H,23,30). The summed E-state index contributed by atoms with van der Waals surface area (Å²) < 4.78 is 4.65. The van der Waals surface area contributed by atoms with Gasteiger partial charge in [0.1, 0.15) is 11.5 Å². The van der Waals surface area contributed by atoms with Crippen LogP contribution in [0.2, 0.25) is 0 Å². The number of benzene rings is 2. The highest BCUT2D eigenvalue weighted by Gasteiger charge is 2.21. The van der Waals surface area contributed by atoms with Crippen LogP contribution in [0.25, 0.3) is 11.0 Å². The van der Waals surface area contributed by atoms with Gasteiger partial charge in [-0.25, -0.2) is 4.79 Å². The Morgan fingerprint density at radius 2 is 1.79 bits per heavy atom. The average Bonchev–Trinajstić information content (AvgIpc) is 3.31. The number of aryl methyl sites for hydroxylation is 2. The Bertz CT molecular complexity index is 1440. The van der Waals surface area contributed by atoms with Crippen LogP contribution in [-0.2, 0) is 31.9 Å². The highest BCUT2D eigenvalue weighted by molar-refractivity contribution is 7.99. The third kappa shape index (κ3) is 4.44. The first-order valence-corrected chi connectivity index (χ1v) is 11.5. The topological polar surface area (TPSA) is 130 Å². The third-order valence-corrected chi connectivity index (χ3v) is 6.47. The summed E-state index contributed by atoms with van der Waals surface area (Å²) in [6.07, 6.45) is 0.621. The molecule has 2 aromatic heterocycles. The quantitative estimate of drug-likeness (QED) is 0.233. The number of anilines is 1. The highest BCUT2D eigenvalue weighted by atomic mass is 32.2. The van der Waals surface area contributed by atoms with E-state index >= 15 is 0 Å². The molecule has 2 aromatic carbocycles. The monoisotopic (exact) mass is 481 g/mol. The number of amides is 1. The van der Waals surface area contributed by atoms with E-state index in [-0.39, 0.29) is 22.8 Å². The van der Waals surface area contributed by atoms with Gasteiger partial charge in [-0.15, -0.1) is 10.2 Å². The molecule has 0 fully saturated rings. The van der Waals surface area contributed by atoms with Crippen LogP contribution in [0.3, 0.4) is 0 Å². The second-order valence-electron chi connectivity index (χ2n) is 7.66. The first-order valence-electron chi connectivity index (χ1n) is 10.5. The molecule has 34 heavy (non-hydrogen) atoms. The van der Waals surface area contributed by atoms with Crippen molar-refractivity contribution in [2.24, 2.45) is 14.1 Å². The van der Waals surface area contributed by atoms with Crippen molar-refractivity contribution < 1.29 is 9.72 Å². The maximum absolute atomic E-state index is 12.7. The van der Waals surface area contributed by atoms with Crippen molar-refractivity contribution in [3.05, 3.63) is 74.5 Å². The molecule has 176 valence electrons. The average molecular weight is 482 g/mol. The molecule has 0 aliphatic heterocycles. The van der Waals surface area contributed by atoms with E-state index in [2.05, 4.69) is 15.5 Å². The number of nitro benzene ring substituents is 1. The van der Waals surface area contributed by atoms with Crippen molar-refractivity contribution in [3.63, 3.8) is 0 Å². The smallest absolute Gasteiger partial charge is 0.320 e. The zero-order valence-corrected chi connectivity index (χ0v) is 19.7. The van der Waals surface area contributed by atoms with Crippen molar-refractivity contribution >= 4 is 40.1 Å². The van der Waals surface area contributed by atoms with E-state index in [1.807, 2.05) is 41.8 Å². The fraction of sp³-hybridized carbons (Fsp3) is 0.273. The van der Waals surface area contributed by atoms with Gasteiger partial charge in [-0.1, -0.05) is 42.1 Å². The molecular formula is C22H23N7O4S. The van der Waals surface area contributed by atoms with Gasteiger partial charge in [0.15, 0.2) is 5.16 Å². The van der Waals surface area contributed by atoms with Gasteiger partial charge in [-0.2, -0.15) is 0 Å². The van der Waals surface area contributed by atoms with Crippen LogP contribution >= 0.6 is 11.8 Å². The van der Waals surface area contributed by atoms with Gasteiger partial charge in [0.25, 0.3) is 5.69 Å². The van der Waals surface area contributed by atoms with Crippen LogP contribution in [-0.4, -0.2) is 40.5 Å². The van der Waals surface area contributed by atoms with Crippen LogP contribution in [0.5, 0.6) is 0 Å². The first-order chi connectivity index (χ1) is 16.3. The highest BCUT2D eigenvalue weighted by Crippen LogP contribution is 2.30. The summed E-state index contributed by atoms with van der Waals surface area (Å²) in [6, 6.07) is 12.7. The van der Waals surface area contributed by atoms with Crippen LogP contribution in [0.4, 0.5) is 11.4 Å². The summed E-state index contributed by atoms with van der Waals surface area (Å²) >= 11 is 1.21. The Morgan fingerprint density at radius 1 is 1.12 bits per heavy atom. The predicted octanol–water partition coefficient (Wildman–Crippen LogP) is 2.72. The first kappa shape index (κ1) is 23.2. The van der Waals surface area contributed by atoms with Crippen molar-refractivity contribution in [1.82, 2.24) is 23.9 Å². The van der Waals surface area contributed by atoms with E-state index in [1.54, 1.807) is 14.1 Å². The van der Waals surface area contributed by atoms with Crippen LogP contribution in [0.15, 0.2) is 52.4 Å². The van der Waals surface area contributed by atoms with Crippen molar-refractivity contribution in [2.75, 3.05) is 11.1 Å². The van der Waals surface area contributed by atoms with Crippen molar-refractivity contribution in [3.8, 4) is 0 Å². The number of fused-ring (bicyclic) bond motifs is 1. The number of nitrogens with zero attached hydrogens (tertiary/aromatic N) is 6. The van der Waals surface area contributed by atoms with Gasteiger partial charge in [0, 0.05) is 33.1 Å². The van der Waals surface area contributed by atoms with Gasteiger partial charge >= 0.3 is 5.69 Å². The molecule has 0 radical (unpaired) electrons. The molecule has 0 saturated heterocycles. The molecule has 0 aliphatic rings. The Balaban J connectivity index is 1.51. The van der Waals surface area contributed by atoms with Crippen molar-refractivity contribution in [1.29, 1.82) is 0 Å². The van der Waals surface area contributed by atoms with Crippen LogP contribution in [0.1, 0.15) is 18.3 Å². The van der Waals surface area contributed by atoms with Crippen molar-refractivity contribution in [2.45, 2.75) is 25.0 Å². The molecule has 2 heterocycles. The van der Waals surface area contributed by atoms with Crippen LogP contribution in [0, 0.1) is 10.1 Å². The Labute approximate surface area is 198 Å². The fourth-order valence-corrected chi connectivity index (χ4v) is 4.58. The molecule has 0 unspecified atom stereocenters. The van der Waals surface area contributed by atoms with Gasteiger partial charge in [-0.05, 0) is 18.6 Å². The number of imidazole rings is 1. The number of nitro groups is 1. The second-order valence-corrected chi connectivity index (χ2v) is 8.60. The summed E-state index contributed by atoms with van der Waals surface area (Å²) in [5, 5.41) is 23.3. The van der Waals surface area contributed by atoms with Gasteiger partial charge in [0.05, 0.1) is 21.7 Å². The summed E-state index contributed by atoms with van der Waals surface area (Å²) in [5.41, 5.74) is 1.44. The lowest BCUT2D eigenvalue weighted by Gasteiger charge is -2.09. The van der Waals surface area contributed by atoms with E-state index in [4.69, 9.17) is 0 Å². The van der Waals surface area contributed by atoms with Gasteiger partial charge < -0.3 is 9.88 Å². The zero-order valence-electron chi connectivity index (χ0n) is 18.9. The lowest BCUT2D eigenvalue weighted by Crippen LogP contribution is -2.19. The molecule has 0 spiro atoms. The molecular weight excluding hydrogens is 458 g/mol. The number of carbonyl (C=O) groups is 1. The minimum absolute atomic E-state index is 0.00756. The van der Waals surface area contributed by atoms with E-state index in [9.17, 15) is 19.7 Å². The molecule has 0 aliphatic carbocycles.